The van der Waals surface area contributed by atoms with Crippen molar-refractivity contribution in [1.29, 1.82) is 0 Å². The number of benzene rings is 1. The van der Waals surface area contributed by atoms with Crippen LogP contribution in [0.25, 0.3) is 11.4 Å². The van der Waals surface area contributed by atoms with Gasteiger partial charge in [0.2, 0.25) is 0 Å². The van der Waals surface area contributed by atoms with Crippen molar-refractivity contribution in [2.45, 2.75) is 6.04 Å². The van der Waals surface area contributed by atoms with Gasteiger partial charge in [-0.2, -0.15) is 0 Å². The summed E-state index contributed by atoms with van der Waals surface area (Å²) < 4.78 is 0. The summed E-state index contributed by atoms with van der Waals surface area (Å²) in [5, 5.41) is 2.38. The number of hydrogen-bond donors (Lipinski definition) is 0. The smallest absolute Gasteiger partial charge is 0.282 e. The Morgan fingerprint density at radius 1 is 0.871 bits per heavy atom. The minimum atomic E-state index is 0.0161. The molecule has 0 spiro atoms. The lowest BCUT2D eigenvalue weighted by atomic mass is 10.0. The van der Waals surface area contributed by atoms with Crippen molar-refractivity contribution in [1.82, 2.24) is 29.7 Å². The average Bonchev–Trinajstić information content (AvgIpc) is 3.34. The summed E-state index contributed by atoms with van der Waals surface area (Å²) in [5.41, 5.74) is 1.49. The topological polar surface area (TPSA) is 82.5 Å². The van der Waals surface area contributed by atoms with Gasteiger partial charge in [0.05, 0.1) is 0 Å². The van der Waals surface area contributed by atoms with Crippen molar-refractivity contribution in [3.8, 4) is 11.4 Å². The Morgan fingerprint density at radius 2 is 1.65 bits per heavy atom. The maximum atomic E-state index is 12.9. The molecule has 0 atom stereocenters. The van der Waals surface area contributed by atoms with Crippen molar-refractivity contribution in [2.24, 2.45) is 0 Å². The fourth-order valence-electron chi connectivity index (χ4n) is 4.03. The summed E-state index contributed by atoms with van der Waals surface area (Å²) in [5.74, 6) is 0.665. The predicted molar refractivity (Wildman–Crippen MR) is 117 cm³/mol. The third-order valence-corrected chi connectivity index (χ3v) is 6.58. The second-order valence-electron chi connectivity index (χ2n) is 7.68. The lowest BCUT2D eigenvalue weighted by Gasteiger charge is -2.48. The van der Waals surface area contributed by atoms with Crippen LogP contribution in [0.2, 0.25) is 0 Å². The lowest BCUT2D eigenvalue weighted by molar-refractivity contribution is 0.00853. The van der Waals surface area contributed by atoms with Crippen LogP contribution in [0, 0.1) is 0 Å². The molecule has 2 aliphatic rings. The van der Waals surface area contributed by atoms with E-state index in [1.165, 1.54) is 11.3 Å². The molecule has 2 fully saturated rings. The van der Waals surface area contributed by atoms with Crippen LogP contribution in [0.3, 0.4) is 0 Å². The monoisotopic (exact) mass is 434 g/mol. The number of carbonyl (C=O) groups excluding carboxylic acids is 2. The summed E-state index contributed by atoms with van der Waals surface area (Å²) in [6.45, 7) is 4.47. The molecule has 0 unspecified atom stereocenters. The normalized spacial score (nSPS) is 17.4. The van der Waals surface area contributed by atoms with Crippen LogP contribution in [0.1, 0.15) is 20.2 Å². The number of thiazole rings is 1. The molecule has 9 heteroatoms. The molecule has 0 radical (unpaired) electrons. The largest absolute Gasteiger partial charge is 0.335 e. The SMILES string of the molecule is O=C(c1cccc(-c2ncccn2)c1)N1CC(N2CCN(C(=O)c3nccs3)CC2)C1. The van der Waals surface area contributed by atoms with E-state index in [4.69, 9.17) is 0 Å². The number of aromatic nitrogens is 3. The van der Waals surface area contributed by atoms with Gasteiger partial charge in [0.15, 0.2) is 10.8 Å². The fraction of sp³-hybridized carbons (Fsp3) is 0.318. The van der Waals surface area contributed by atoms with Crippen molar-refractivity contribution in [3.63, 3.8) is 0 Å². The second kappa shape index (κ2) is 8.52. The molecule has 158 valence electrons. The van der Waals surface area contributed by atoms with Crippen LogP contribution in [0.5, 0.6) is 0 Å². The number of likely N-dealkylation sites (tertiary alicyclic amines) is 1. The Morgan fingerprint density at radius 3 is 2.35 bits per heavy atom. The van der Waals surface area contributed by atoms with E-state index in [0.717, 1.165) is 18.7 Å². The quantitative estimate of drug-likeness (QED) is 0.624. The van der Waals surface area contributed by atoms with Gasteiger partial charge >= 0.3 is 0 Å². The molecule has 2 aliphatic heterocycles. The molecule has 0 aliphatic carbocycles. The number of rotatable bonds is 4. The zero-order valence-electron chi connectivity index (χ0n) is 16.9. The highest BCUT2D eigenvalue weighted by Gasteiger charge is 2.37. The molecule has 5 rings (SSSR count). The molecule has 0 saturated carbocycles. The summed E-state index contributed by atoms with van der Waals surface area (Å²) in [6.07, 6.45) is 5.05. The first-order chi connectivity index (χ1) is 15.2. The Balaban J connectivity index is 1.15. The molecule has 31 heavy (non-hydrogen) atoms. The molecular weight excluding hydrogens is 412 g/mol. The molecule has 0 bridgehead atoms. The van der Waals surface area contributed by atoms with E-state index in [9.17, 15) is 9.59 Å². The van der Waals surface area contributed by atoms with E-state index in [0.29, 0.717) is 48.6 Å². The summed E-state index contributed by atoms with van der Waals surface area (Å²) in [7, 11) is 0. The summed E-state index contributed by atoms with van der Waals surface area (Å²) in [6, 6.07) is 9.60. The molecule has 1 aromatic carbocycles. The molecule has 2 aromatic heterocycles. The first-order valence-electron chi connectivity index (χ1n) is 10.3. The van der Waals surface area contributed by atoms with E-state index in [2.05, 4.69) is 19.9 Å². The van der Waals surface area contributed by atoms with E-state index < -0.39 is 0 Å². The highest BCUT2D eigenvalue weighted by molar-refractivity contribution is 7.11. The molecule has 2 saturated heterocycles. The van der Waals surface area contributed by atoms with Gasteiger partial charge in [0.25, 0.3) is 11.8 Å². The molecule has 3 aromatic rings. The standard InChI is InChI=1S/C22H22N6O2S/c29-21(17-4-1-3-16(13-17)19-23-5-2-6-24-19)28-14-18(15-28)26-8-10-27(11-9-26)22(30)20-25-7-12-31-20/h1-7,12-13,18H,8-11,14-15H2. The van der Waals surface area contributed by atoms with Crippen LogP contribution < -0.4 is 0 Å². The van der Waals surface area contributed by atoms with E-state index >= 15 is 0 Å². The maximum Gasteiger partial charge on any atom is 0.282 e. The molecule has 0 N–H and O–H groups in total. The van der Waals surface area contributed by atoms with Crippen molar-refractivity contribution in [2.75, 3.05) is 39.3 Å². The van der Waals surface area contributed by atoms with Gasteiger partial charge in [-0.15, -0.1) is 11.3 Å². The number of carbonyl (C=O) groups is 2. The minimum absolute atomic E-state index is 0.0161. The fourth-order valence-corrected chi connectivity index (χ4v) is 4.63. The lowest BCUT2D eigenvalue weighted by Crippen LogP contribution is -2.64. The zero-order valence-corrected chi connectivity index (χ0v) is 17.7. The molecule has 4 heterocycles. The zero-order chi connectivity index (χ0) is 21.2. The van der Waals surface area contributed by atoms with Gasteiger partial charge in [-0.1, -0.05) is 12.1 Å². The first-order valence-corrected chi connectivity index (χ1v) is 11.2. The Hall–Kier alpha value is -3.17. The Bertz CT molecular complexity index is 1060. The van der Waals surface area contributed by atoms with Crippen LogP contribution >= 0.6 is 11.3 Å². The van der Waals surface area contributed by atoms with Gasteiger partial charge in [-0.05, 0) is 18.2 Å². The summed E-state index contributed by atoms with van der Waals surface area (Å²) in [4.78, 5) is 44.1. The molecular formula is C22H22N6O2S. The van der Waals surface area contributed by atoms with Crippen LogP contribution in [-0.4, -0.2) is 86.8 Å². The van der Waals surface area contributed by atoms with Gasteiger partial charge in [-0.3, -0.25) is 14.5 Å². The minimum Gasteiger partial charge on any atom is -0.335 e. The first kappa shape index (κ1) is 19.8. The number of piperazine rings is 1. The number of nitrogens with zero attached hydrogens (tertiary/aromatic N) is 6. The number of amides is 2. The Labute approximate surface area is 184 Å². The van der Waals surface area contributed by atoms with Crippen molar-refractivity contribution < 1.29 is 9.59 Å². The van der Waals surface area contributed by atoms with Crippen molar-refractivity contribution in [3.05, 3.63) is 64.9 Å². The van der Waals surface area contributed by atoms with Crippen LogP contribution in [-0.2, 0) is 0 Å². The predicted octanol–water partition coefficient (Wildman–Crippen LogP) is 1.88. The third kappa shape index (κ3) is 4.06. The molecule has 2 amide bonds. The van der Waals surface area contributed by atoms with Crippen molar-refractivity contribution >= 4 is 23.2 Å². The van der Waals surface area contributed by atoms with Gasteiger partial charge in [-0.25, -0.2) is 15.0 Å². The van der Waals surface area contributed by atoms with Crippen LogP contribution in [0.4, 0.5) is 0 Å². The number of hydrogen-bond acceptors (Lipinski definition) is 7. The van der Waals surface area contributed by atoms with E-state index in [1.807, 2.05) is 39.4 Å². The average molecular weight is 435 g/mol. The second-order valence-corrected chi connectivity index (χ2v) is 8.58. The molecule has 8 nitrogen and oxygen atoms in total. The van der Waals surface area contributed by atoms with Gasteiger partial charge in [0, 0.05) is 80.4 Å². The van der Waals surface area contributed by atoms with E-state index in [1.54, 1.807) is 24.7 Å². The highest BCUT2D eigenvalue weighted by atomic mass is 32.1. The van der Waals surface area contributed by atoms with Gasteiger partial charge < -0.3 is 9.80 Å². The maximum absolute atomic E-state index is 12.9. The van der Waals surface area contributed by atoms with E-state index in [-0.39, 0.29) is 11.8 Å². The van der Waals surface area contributed by atoms with Crippen LogP contribution in [0.15, 0.2) is 54.3 Å². The Kier molecular flexibility index (Phi) is 5.44. The van der Waals surface area contributed by atoms with Gasteiger partial charge in [0.1, 0.15) is 0 Å². The highest BCUT2D eigenvalue weighted by Crippen LogP contribution is 2.22. The summed E-state index contributed by atoms with van der Waals surface area (Å²) >= 11 is 1.38. The third-order valence-electron chi connectivity index (χ3n) is 5.82.